The maximum Gasteiger partial charge on any atom is 0.310 e. The standard InChI is InChI=1S/C17H28N2O5/c1-11(2)12(3)14-6-7-15(24-14)19(10-20)9-13(17(22)18-4)8-16(21)23-5/h9-12,14-15H,6-8H2,1-5H3,(H,18,22)/b13-9-. The van der Waals surface area contributed by atoms with Gasteiger partial charge in [-0.25, -0.2) is 0 Å². The molecule has 0 radical (unpaired) electrons. The molecule has 0 aromatic rings. The summed E-state index contributed by atoms with van der Waals surface area (Å²) in [5, 5.41) is 2.46. The Bertz CT molecular complexity index is 489. The molecule has 1 aliphatic rings. The lowest BCUT2D eigenvalue weighted by Gasteiger charge is -2.26. The van der Waals surface area contributed by atoms with Crippen LogP contribution >= 0.6 is 0 Å². The third-order valence-corrected chi connectivity index (χ3v) is 4.51. The Balaban J connectivity index is 2.88. The van der Waals surface area contributed by atoms with Crippen molar-refractivity contribution in [2.45, 2.75) is 52.4 Å². The quantitative estimate of drug-likeness (QED) is 0.410. The Hall–Kier alpha value is -1.89. The second-order valence-electron chi connectivity index (χ2n) is 6.35. The van der Waals surface area contributed by atoms with Crippen LogP contribution in [0.5, 0.6) is 0 Å². The number of amides is 2. The van der Waals surface area contributed by atoms with Crippen molar-refractivity contribution in [3.8, 4) is 0 Å². The molecule has 1 rings (SSSR count). The van der Waals surface area contributed by atoms with Crippen LogP contribution in [0.25, 0.3) is 0 Å². The van der Waals surface area contributed by atoms with E-state index in [4.69, 9.17) is 4.74 Å². The highest BCUT2D eigenvalue weighted by Gasteiger charge is 2.33. The highest BCUT2D eigenvalue weighted by molar-refractivity contribution is 5.97. The van der Waals surface area contributed by atoms with Gasteiger partial charge in [-0.15, -0.1) is 0 Å². The maximum absolute atomic E-state index is 11.9. The molecule has 0 aliphatic carbocycles. The number of carbonyl (C=O) groups is 3. The first kappa shape index (κ1) is 20.2. The molecule has 0 bridgehead atoms. The van der Waals surface area contributed by atoms with Gasteiger partial charge in [0.05, 0.1) is 19.6 Å². The lowest BCUT2D eigenvalue weighted by Crippen LogP contribution is -2.33. The second kappa shape index (κ2) is 9.42. The third-order valence-electron chi connectivity index (χ3n) is 4.51. The molecule has 0 aromatic carbocycles. The number of methoxy groups -OCH3 is 1. The zero-order valence-electron chi connectivity index (χ0n) is 15.1. The minimum atomic E-state index is -0.547. The van der Waals surface area contributed by atoms with Crippen molar-refractivity contribution in [3.63, 3.8) is 0 Å². The van der Waals surface area contributed by atoms with E-state index < -0.39 is 18.1 Å². The van der Waals surface area contributed by atoms with Crippen LogP contribution in [0.1, 0.15) is 40.0 Å². The van der Waals surface area contributed by atoms with Crippen molar-refractivity contribution in [1.82, 2.24) is 10.2 Å². The van der Waals surface area contributed by atoms with Crippen LogP contribution in [-0.4, -0.2) is 49.7 Å². The van der Waals surface area contributed by atoms with Crippen molar-refractivity contribution >= 4 is 18.3 Å². The zero-order valence-corrected chi connectivity index (χ0v) is 15.1. The number of esters is 1. The summed E-state index contributed by atoms with van der Waals surface area (Å²) in [6, 6.07) is 0. The Kier molecular flexibility index (Phi) is 7.91. The van der Waals surface area contributed by atoms with E-state index in [2.05, 4.69) is 30.8 Å². The zero-order chi connectivity index (χ0) is 18.3. The van der Waals surface area contributed by atoms with Gasteiger partial charge in [0.25, 0.3) is 0 Å². The van der Waals surface area contributed by atoms with Gasteiger partial charge in [0.2, 0.25) is 12.3 Å². The van der Waals surface area contributed by atoms with Crippen molar-refractivity contribution in [2.24, 2.45) is 11.8 Å². The summed E-state index contributed by atoms with van der Waals surface area (Å²) in [6.07, 6.45) is 2.98. The number of ether oxygens (including phenoxy) is 2. The molecule has 2 amide bonds. The lowest BCUT2D eigenvalue weighted by atomic mass is 9.91. The molecule has 1 saturated heterocycles. The summed E-state index contributed by atoms with van der Waals surface area (Å²) in [4.78, 5) is 36.2. The van der Waals surface area contributed by atoms with Gasteiger partial charge in [-0.05, 0) is 24.7 Å². The maximum atomic E-state index is 11.9. The fourth-order valence-corrected chi connectivity index (χ4v) is 2.61. The molecule has 1 heterocycles. The van der Waals surface area contributed by atoms with E-state index in [9.17, 15) is 14.4 Å². The molecule has 3 unspecified atom stereocenters. The summed E-state index contributed by atoms with van der Waals surface area (Å²) >= 11 is 0. The van der Waals surface area contributed by atoms with Crippen molar-refractivity contribution in [1.29, 1.82) is 0 Å². The Labute approximate surface area is 143 Å². The first-order valence-electron chi connectivity index (χ1n) is 8.21. The van der Waals surface area contributed by atoms with Crippen LogP contribution < -0.4 is 5.32 Å². The number of likely N-dealkylation sites (N-methyl/N-ethyl adjacent to an activating group) is 1. The van der Waals surface area contributed by atoms with E-state index in [0.717, 1.165) is 6.42 Å². The molecule has 0 spiro atoms. The molecule has 3 atom stereocenters. The highest BCUT2D eigenvalue weighted by Crippen LogP contribution is 2.31. The molecule has 0 aromatic heterocycles. The van der Waals surface area contributed by atoms with Crippen molar-refractivity contribution < 1.29 is 23.9 Å². The van der Waals surface area contributed by atoms with Gasteiger partial charge in [0.1, 0.15) is 6.23 Å². The average molecular weight is 340 g/mol. The monoisotopic (exact) mass is 340 g/mol. The molecule has 0 saturated carbocycles. The summed E-state index contributed by atoms with van der Waals surface area (Å²) < 4.78 is 10.6. The van der Waals surface area contributed by atoms with Gasteiger partial charge in [-0.3, -0.25) is 19.3 Å². The lowest BCUT2D eigenvalue weighted by molar-refractivity contribution is -0.140. The summed E-state index contributed by atoms with van der Waals surface area (Å²) in [6.45, 7) is 6.41. The smallest absolute Gasteiger partial charge is 0.310 e. The third kappa shape index (κ3) is 5.33. The van der Waals surface area contributed by atoms with Gasteiger partial charge in [-0.2, -0.15) is 0 Å². The minimum absolute atomic E-state index is 0.0786. The summed E-state index contributed by atoms with van der Waals surface area (Å²) in [7, 11) is 2.71. The van der Waals surface area contributed by atoms with E-state index in [1.165, 1.54) is 25.3 Å². The molecule has 1 fully saturated rings. The number of nitrogens with one attached hydrogen (secondary N) is 1. The predicted octanol–water partition coefficient (Wildman–Crippen LogP) is 1.43. The van der Waals surface area contributed by atoms with Crippen LogP contribution in [0.4, 0.5) is 0 Å². The number of rotatable bonds is 8. The fraction of sp³-hybridized carbons (Fsp3) is 0.706. The first-order chi connectivity index (χ1) is 11.3. The van der Waals surface area contributed by atoms with E-state index in [1.807, 2.05) is 0 Å². The van der Waals surface area contributed by atoms with Gasteiger partial charge >= 0.3 is 5.97 Å². The molecule has 136 valence electrons. The van der Waals surface area contributed by atoms with Crippen LogP contribution in [-0.2, 0) is 23.9 Å². The molecule has 1 N–H and O–H groups in total. The topological polar surface area (TPSA) is 84.9 Å². The van der Waals surface area contributed by atoms with Crippen LogP contribution in [0.2, 0.25) is 0 Å². The highest BCUT2D eigenvalue weighted by atomic mass is 16.5. The normalized spacial score (nSPS) is 22.2. The van der Waals surface area contributed by atoms with Crippen LogP contribution in [0.15, 0.2) is 11.8 Å². The Morgan fingerprint density at radius 2 is 2.00 bits per heavy atom. The second-order valence-corrected chi connectivity index (χ2v) is 6.35. The van der Waals surface area contributed by atoms with Gasteiger partial charge in [0.15, 0.2) is 0 Å². The van der Waals surface area contributed by atoms with E-state index in [-0.39, 0.29) is 18.1 Å². The largest absolute Gasteiger partial charge is 0.469 e. The van der Waals surface area contributed by atoms with E-state index in [0.29, 0.717) is 24.7 Å². The molecule has 7 heteroatoms. The van der Waals surface area contributed by atoms with Crippen molar-refractivity contribution in [2.75, 3.05) is 14.2 Å². The Morgan fingerprint density at radius 1 is 1.33 bits per heavy atom. The fourth-order valence-electron chi connectivity index (χ4n) is 2.61. The Morgan fingerprint density at radius 3 is 2.50 bits per heavy atom. The predicted molar refractivity (Wildman–Crippen MR) is 88.6 cm³/mol. The van der Waals surface area contributed by atoms with Gasteiger partial charge in [-0.1, -0.05) is 20.8 Å². The molecular formula is C17H28N2O5. The molecular weight excluding hydrogens is 312 g/mol. The molecule has 7 nitrogen and oxygen atoms in total. The van der Waals surface area contributed by atoms with E-state index >= 15 is 0 Å². The average Bonchev–Trinajstić information content (AvgIpc) is 3.06. The summed E-state index contributed by atoms with van der Waals surface area (Å²) in [5.41, 5.74) is 0.153. The number of carbonyl (C=O) groups excluding carboxylic acids is 3. The molecule has 24 heavy (non-hydrogen) atoms. The van der Waals surface area contributed by atoms with E-state index in [1.54, 1.807) is 0 Å². The first-order valence-corrected chi connectivity index (χ1v) is 8.21. The SMILES string of the molecule is CNC(=O)/C(=C\N(C=O)C1CCC(C(C)C(C)C)O1)CC(=O)OC. The number of hydrogen-bond acceptors (Lipinski definition) is 5. The number of hydrogen-bond donors (Lipinski definition) is 1. The van der Waals surface area contributed by atoms with Gasteiger partial charge in [0, 0.05) is 18.8 Å². The minimum Gasteiger partial charge on any atom is -0.469 e. The van der Waals surface area contributed by atoms with Crippen LogP contribution in [0, 0.1) is 11.8 Å². The summed E-state index contributed by atoms with van der Waals surface area (Å²) in [5.74, 6) is -0.123. The number of nitrogens with zero attached hydrogens (tertiary/aromatic N) is 1. The van der Waals surface area contributed by atoms with Gasteiger partial charge < -0.3 is 14.8 Å². The molecule has 1 aliphatic heterocycles. The van der Waals surface area contributed by atoms with Crippen molar-refractivity contribution in [3.05, 3.63) is 11.8 Å². The van der Waals surface area contributed by atoms with Crippen LogP contribution in [0.3, 0.4) is 0 Å².